The maximum atomic E-state index is 12.8. The molecule has 2 N–H and O–H groups in total. The fraction of sp³-hybridized carbons (Fsp3) is 0.100. The largest absolute Gasteiger partial charge is 0.360 e. The van der Waals surface area contributed by atoms with E-state index in [9.17, 15) is 4.79 Å². The third-order valence-electron chi connectivity index (χ3n) is 4.14. The van der Waals surface area contributed by atoms with Gasteiger partial charge in [-0.25, -0.2) is 4.98 Å². The van der Waals surface area contributed by atoms with E-state index < -0.39 is 0 Å². The average molecular weight is 359 g/mol. The highest BCUT2D eigenvalue weighted by Gasteiger charge is 2.21. The summed E-state index contributed by atoms with van der Waals surface area (Å²) in [7, 11) is 0. The molecule has 0 bridgehead atoms. The van der Waals surface area contributed by atoms with Crippen molar-refractivity contribution in [1.82, 2.24) is 20.3 Å². The van der Waals surface area contributed by atoms with Gasteiger partial charge in [0.1, 0.15) is 22.8 Å². The quantitative estimate of drug-likeness (QED) is 0.574. The van der Waals surface area contributed by atoms with E-state index in [1.807, 2.05) is 61.5 Å². The number of rotatable bonds is 4. The van der Waals surface area contributed by atoms with Gasteiger partial charge in [0, 0.05) is 16.8 Å². The number of aromatic amines is 1. The lowest BCUT2D eigenvalue weighted by Gasteiger charge is -2.06. The van der Waals surface area contributed by atoms with Crippen molar-refractivity contribution in [3.05, 3.63) is 71.7 Å². The standard InChI is InChI=1S/C20H17N5O2/c1-12-17(18(25-27-12)14-6-4-3-5-7-14)20(26)22-16-10-8-15(9-11-16)19-21-13(2)23-24-19/h3-11H,1-2H3,(H,22,26)(H,21,23,24). The summed E-state index contributed by atoms with van der Waals surface area (Å²) >= 11 is 0. The van der Waals surface area contributed by atoms with E-state index in [1.165, 1.54) is 0 Å². The molecular weight excluding hydrogens is 342 g/mol. The molecule has 4 rings (SSSR count). The summed E-state index contributed by atoms with van der Waals surface area (Å²) in [5.74, 6) is 1.57. The Bertz CT molecular complexity index is 1080. The molecule has 2 aromatic carbocycles. The average Bonchev–Trinajstić information content (AvgIpc) is 3.29. The number of aryl methyl sites for hydroxylation is 2. The van der Waals surface area contributed by atoms with Crippen LogP contribution in [-0.4, -0.2) is 26.2 Å². The van der Waals surface area contributed by atoms with Crippen molar-refractivity contribution < 1.29 is 9.32 Å². The van der Waals surface area contributed by atoms with E-state index in [2.05, 4.69) is 25.7 Å². The molecule has 2 heterocycles. The van der Waals surface area contributed by atoms with Crippen molar-refractivity contribution in [2.24, 2.45) is 0 Å². The van der Waals surface area contributed by atoms with Gasteiger partial charge in [0.2, 0.25) is 0 Å². The first-order valence-corrected chi connectivity index (χ1v) is 8.44. The molecule has 0 spiro atoms. The van der Waals surface area contributed by atoms with Crippen LogP contribution in [0.5, 0.6) is 0 Å². The molecular formula is C20H17N5O2. The Hall–Kier alpha value is -3.74. The summed E-state index contributed by atoms with van der Waals surface area (Å²) in [4.78, 5) is 17.1. The molecule has 0 radical (unpaired) electrons. The molecule has 0 unspecified atom stereocenters. The number of nitrogens with zero attached hydrogens (tertiary/aromatic N) is 3. The Kier molecular flexibility index (Phi) is 4.25. The third-order valence-corrected chi connectivity index (χ3v) is 4.14. The highest BCUT2D eigenvalue weighted by atomic mass is 16.5. The molecule has 1 amide bonds. The van der Waals surface area contributed by atoms with Crippen molar-refractivity contribution >= 4 is 11.6 Å². The van der Waals surface area contributed by atoms with E-state index in [-0.39, 0.29) is 5.91 Å². The molecule has 0 aliphatic heterocycles. The van der Waals surface area contributed by atoms with Gasteiger partial charge in [-0.15, -0.1) is 0 Å². The minimum atomic E-state index is -0.269. The van der Waals surface area contributed by atoms with Gasteiger partial charge in [0.15, 0.2) is 5.82 Å². The Morgan fingerprint density at radius 3 is 2.41 bits per heavy atom. The van der Waals surface area contributed by atoms with Gasteiger partial charge in [-0.1, -0.05) is 35.5 Å². The van der Waals surface area contributed by atoms with Crippen molar-refractivity contribution in [1.29, 1.82) is 0 Å². The second-order valence-electron chi connectivity index (χ2n) is 6.10. The minimum Gasteiger partial charge on any atom is -0.360 e. The van der Waals surface area contributed by atoms with Crippen molar-refractivity contribution in [3.63, 3.8) is 0 Å². The number of carbonyl (C=O) groups excluding carboxylic acids is 1. The molecule has 0 saturated heterocycles. The maximum Gasteiger partial charge on any atom is 0.261 e. The molecule has 134 valence electrons. The van der Waals surface area contributed by atoms with Gasteiger partial charge in [-0.2, -0.15) is 5.10 Å². The van der Waals surface area contributed by atoms with Crippen LogP contribution in [0.4, 0.5) is 5.69 Å². The van der Waals surface area contributed by atoms with Crippen LogP contribution in [0, 0.1) is 13.8 Å². The van der Waals surface area contributed by atoms with Crippen LogP contribution in [0.25, 0.3) is 22.6 Å². The summed E-state index contributed by atoms with van der Waals surface area (Å²) in [5.41, 5.74) is 3.31. The Morgan fingerprint density at radius 1 is 1.00 bits per heavy atom. The predicted octanol–water partition coefficient (Wildman–Crippen LogP) is 4.00. The predicted molar refractivity (Wildman–Crippen MR) is 101 cm³/mol. The molecule has 0 saturated carbocycles. The second kappa shape index (κ2) is 6.87. The van der Waals surface area contributed by atoms with Crippen LogP contribution >= 0.6 is 0 Å². The first-order chi connectivity index (χ1) is 13.1. The Labute approximate surface area is 155 Å². The Balaban J connectivity index is 1.57. The number of hydrogen-bond donors (Lipinski definition) is 2. The number of hydrogen-bond acceptors (Lipinski definition) is 5. The van der Waals surface area contributed by atoms with E-state index in [4.69, 9.17) is 4.52 Å². The highest BCUT2D eigenvalue weighted by Crippen LogP contribution is 2.26. The van der Waals surface area contributed by atoms with Crippen LogP contribution < -0.4 is 5.32 Å². The van der Waals surface area contributed by atoms with Gasteiger partial charge in [-0.3, -0.25) is 9.89 Å². The number of benzene rings is 2. The molecule has 2 aromatic heterocycles. The maximum absolute atomic E-state index is 12.8. The summed E-state index contributed by atoms with van der Waals surface area (Å²) in [6.07, 6.45) is 0. The van der Waals surface area contributed by atoms with E-state index in [0.29, 0.717) is 28.5 Å². The smallest absolute Gasteiger partial charge is 0.261 e. The molecule has 0 atom stereocenters. The van der Waals surface area contributed by atoms with Gasteiger partial charge in [0.05, 0.1) is 0 Å². The fourth-order valence-electron chi connectivity index (χ4n) is 2.80. The first kappa shape index (κ1) is 16.7. The zero-order valence-electron chi connectivity index (χ0n) is 14.9. The van der Waals surface area contributed by atoms with Crippen LogP contribution in [-0.2, 0) is 0 Å². The van der Waals surface area contributed by atoms with Crippen molar-refractivity contribution in [2.75, 3.05) is 5.32 Å². The minimum absolute atomic E-state index is 0.269. The first-order valence-electron chi connectivity index (χ1n) is 8.44. The zero-order chi connectivity index (χ0) is 18.8. The summed E-state index contributed by atoms with van der Waals surface area (Å²) in [6, 6.07) is 16.8. The number of anilines is 1. The molecule has 7 nitrogen and oxygen atoms in total. The molecule has 27 heavy (non-hydrogen) atoms. The lowest BCUT2D eigenvalue weighted by atomic mass is 10.1. The number of aromatic nitrogens is 4. The number of nitrogens with one attached hydrogen (secondary N) is 2. The van der Waals surface area contributed by atoms with Crippen LogP contribution in [0.1, 0.15) is 21.9 Å². The van der Waals surface area contributed by atoms with Crippen molar-refractivity contribution in [3.8, 4) is 22.6 Å². The SMILES string of the molecule is Cc1nc(-c2ccc(NC(=O)c3c(-c4ccccc4)noc3C)cc2)n[nH]1. The van der Waals surface area contributed by atoms with Crippen molar-refractivity contribution in [2.45, 2.75) is 13.8 Å². The molecule has 0 aliphatic rings. The van der Waals surface area contributed by atoms with E-state index >= 15 is 0 Å². The molecule has 4 aromatic rings. The lowest BCUT2D eigenvalue weighted by Crippen LogP contribution is -2.13. The topological polar surface area (TPSA) is 96.7 Å². The third kappa shape index (κ3) is 3.35. The number of amides is 1. The lowest BCUT2D eigenvalue weighted by molar-refractivity contribution is 0.102. The monoisotopic (exact) mass is 359 g/mol. The van der Waals surface area contributed by atoms with Crippen LogP contribution in [0.15, 0.2) is 59.1 Å². The summed E-state index contributed by atoms with van der Waals surface area (Å²) in [5, 5.41) is 13.9. The van der Waals surface area contributed by atoms with Crippen LogP contribution in [0.3, 0.4) is 0 Å². The van der Waals surface area contributed by atoms with E-state index in [1.54, 1.807) is 6.92 Å². The van der Waals surface area contributed by atoms with Gasteiger partial charge in [-0.05, 0) is 38.1 Å². The molecule has 7 heteroatoms. The second-order valence-corrected chi connectivity index (χ2v) is 6.10. The Morgan fingerprint density at radius 2 is 1.74 bits per heavy atom. The zero-order valence-corrected chi connectivity index (χ0v) is 14.9. The molecule has 0 fully saturated rings. The van der Waals surface area contributed by atoms with E-state index in [0.717, 1.165) is 17.0 Å². The van der Waals surface area contributed by atoms with Crippen LogP contribution in [0.2, 0.25) is 0 Å². The number of carbonyl (C=O) groups is 1. The van der Waals surface area contributed by atoms with Gasteiger partial charge in [0.25, 0.3) is 5.91 Å². The fourth-order valence-corrected chi connectivity index (χ4v) is 2.80. The summed E-state index contributed by atoms with van der Waals surface area (Å²) in [6.45, 7) is 3.57. The normalized spacial score (nSPS) is 10.7. The molecule has 0 aliphatic carbocycles. The number of H-pyrrole nitrogens is 1. The van der Waals surface area contributed by atoms with Gasteiger partial charge >= 0.3 is 0 Å². The highest BCUT2D eigenvalue weighted by molar-refractivity contribution is 6.08. The van der Waals surface area contributed by atoms with Gasteiger partial charge < -0.3 is 9.84 Å². The summed E-state index contributed by atoms with van der Waals surface area (Å²) < 4.78 is 5.26.